The third-order valence-corrected chi connectivity index (χ3v) is 11.7. The van der Waals surface area contributed by atoms with Crippen LogP contribution in [0.4, 0.5) is 0 Å². The van der Waals surface area contributed by atoms with Gasteiger partial charge in [0.05, 0.1) is 11.5 Å². The van der Waals surface area contributed by atoms with E-state index in [4.69, 9.17) is 14.2 Å². The zero-order valence-electron chi connectivity index (χ0n) is 27.8. The molecular formula is C38H44O8. The molecular weight excluding hydrogens is 584 g/mol. The Morgan fingerprint density at radius 1 is 1.15 bits per heavy atom. The van der Waals surface area contributed by atoms with E-state index in [1.54, 1.807) is 6.08 Å². The molecule has 46 heavy (non-hydrogen) atoms. The number of rotatable bonds is 6. The van der Waals surface area contributed by atoms with Crippen LogP contribution in [0, 0.1) is 23.7 Å². The second kappa shape index (κ2) is 9.69. The summed E-state index contributed by atoms with van der Waals surface area (Å²) in [5, 5.41) is 21.9. The minimum Gasteiger partial charge on any atom is -0.507 e. The highest BCUT2D eigenvalue weighted by molar-refractivity contribution is 6.19. The van der Waals surface area contributed by atoms with Crippen molar-refractivity contribution in [2.45, 2.75) is 109 Å². The number of hydrogen-bond acceptors (Lipinski definition) is 7. The number of phenolic OH excluding ortho intramolecular Hbond substituents is 1. The fourth-order valence-electron chi connectivity index (χ4n) is 9.48. The van der Waals surface area contributed by atoms with E-state index in [2.05, 4.69) is 19.6 Å². The van der Waals surface area contributed by atoms with E-state index in [9.17, 15) is 24.6 Å². The number of phenols is 1. The van der Waals surface area contributed by atoms with Crippen LogP contribution in [0.2, 0.25) is 0 Å². The molecule has 0 aromatic heterocycles. The molecule has 8 heteroatoms. The summed E-state index contributed by atoms with van der Waals surface area (Å²) in [4.78, 5) is 41.1. The number of carbonyl (C=O) groups excluding carboxylic acids is 2. The number of benzene rings is 1. The average Bonchev–Trinajstić information content (AvgIpc) is 3.11. The standard InChI is InChI=1S/C38H44O8/c1-18(2)9-10-23-31-27(24-17-36(8,44-31)13-12-22(24)19(3)4)30(40)28-29(39)25-15-21-16-26-35(6,7)46-37(33(21)41,14-11-20(5)34(42)43)38(25,26)45-32(23)28/h9,11,14-15,20-22,24,26,40H,3,10,12-13,16-17H2,1-2,4-8H3,(H,42,43)/b14-11+/t20?,21-,22?,24-,26?,36-,37+,38-/m1/s1. The van der Waals surface area contributed by atoms with E-state index in [1.807, 2.05) is 34.6 Å². The van der Waals surface area contributed by atoms with E-state index >= 15 is 0 Å². The lowest BCUT2D eigenvalue weighted by Crippen LogP contribution is -2.71. The van der Waals surface area contributed by atoms with Crippen molar-refractivity contribution in [1.29, 1.82) is 0 Å². The first-order chi connectivity index (χ1) is 21.5. The van der Waals surface area contributed by atoms with Gasteiger partial charge in [0, 0.05) is 34.5 Å². The monoisotopic (exact) mass is 628 g/mol. The van der Waals surface area contributed by atoms with Gasteiger partial charge in [-0.3, -0.25) is 14.4 Å². The number of ether oxygens (including phenoxy) is 3. The van der Waals surface area contributed by atoms with Crippen molar-refractivity contribution < 1.29 is 38.8 Å². The lowest BCUT2D eigenvalue weighted by Gasteiger charge is -2.56. The summed E-state index contributed by atoms with van der Waals surface area (Å²) in [5.74, 6) is -2.91. The van der Waals surface area contributed by atoms with Gasteiger partial charge in [-0.1, -0.05) is 36.0 Å². The lowest BCUT2D eigenvalue weighted by atomic mass is 9.51. The molecule has 4 aliphatic carbocycles. The van der Waals surface area contributed by atoms with E-state index in [-0.39, 0.29) is 40.5 Å². The molecule has 6 bridgehead atoms. The summed E-state index contributed by atoms with van der Waals surface area (Å²) >= 11 is 0. The Balaban J connectivity index is 1.53. The minimum absolute atomic E-state index is 0.0805. The third-order valence-electron chi connectivity index (χ3n) is 11.7. The maximum absolute atomic E-state index is 14.9. The second-order valence-electron chi connectivity index (χ2n) is 15.5. The Morgan fingerprint density at radius 2 is 1.87 bits per heavy atom. The molecule has 244 valence electrons. The second-order valence-corrected chi connectivity index (χ2v) is 15.5. The van der Waals surface area contributed by atoms with Crippen molar-refractivity contribution >= 4 is 17.5 Å². The molecule has 3 unspecified atom stereocenters. The summed E-state index contributed by atoms with van der Waals surface area (Å²) in [7, 11) is 0. The number of carboxylic acid groups (broad SMARTS) is 1. The van der Waals surface area contributed by atoms with Crippen LogP contribution >= 0.6 is 0 Å². The highest BCUT2D eigenvalue weighted by atomic mass is 16.6. The first-order valence-corrected chi connectivity index (χ1v) is 16.5. The number of aliphatic carboxylic acids is 1. The fourth-order valence-corrected chi connectivity index (χ4v) is 9.48. The van der Waals surface area contributed by atoms with Crippen molar-refractivity contribution in [3.8, 4) is 17.2 Å². The van der Waals surface area contributed by atoms with Gasteiger partial charge in [0.1, 0.15) is 28.4 Å². The third kappa shape index (κ3) is 3.85. The molecule has 0 radical (unpaired) electrons. The maximum atomic E-state index is 14.9. The summed E-state index contributed by atoms with van der Waals surface area (Å²) < 4.78 is 20.7. The summed E-state index contributed by atoms with van der Waals surface area (Å²) in [6.45, 7) is 17.7. The van der Waals surface area contributed by atoms with Gasteiger partial charge < -0.3 is 24.4 Å². The summed E-state index contributed by atoms with van der Waals surface area (Å²) in [6, 6.07) is 0. The van der Waals surface area contributed by atoms with Crippen LogP contribution in [-0.2, 0) is 20.7 Å². The van der Waals surface area contributed by atoms with Gasteiger partial charge in [0.2, 0.25) is 0 Å². The Kier molecular flexibility index (Phi) is 6.53. The first kappa shape index (κ1) is 31.0. The number of fused-ring (bicyclic) bond motifs is 5. The first-order valence-electron chi connectivity index (χ1n) is 16.5. The number of allylic oxidation sites excluding steroid dienone is 4. The smallest absolute Gasteiger partial charge is 0.310 e. The molecule has 8 rings (SSSR count). The van der Waals surface area contributed by atoms with Gasteiger partial charge in [-0.15, -0.1) is 0 Å². The molecule has 1 aromatic carbocycles. The van der Waals surface area contributed by atoms with Crippen LogP contribution in [-0.4, -0.2) is 50.2 Å². The molecule has 2 saturated carbocycles. The predicted molar refractivity (Wildman–Crippen MR) is 171 cm³/mol. The van der Waals surface area contributed by atoms with Crippen LogP contribution < -0.4 is 9.47 Å². The normalized spacial score (nSPS) is 36.5. The predicted octanol–water partition coefficient (Wildman–Crippen LogP) is 6.80. The molecule has 1 aromatic rings. The molecule has 8 atom stereocenters. The maximum Gasteiger partial charge on any atom is 0.310 e. The molecule has 2 N–H and O–H groups in total. The van der Waals surface area contributed by atoms with E-state index in [0.717, 1.165) is 24.0 Å². The average molecular weight is 629 g/mol. The lowest BCUT2D eigenvalue weighted by molar-refractivity contribution is -0.160. The summed E-state index contributed by atoms with van der Waals surface area (Å²) in [6.07, 6.45) is 9.97. The summed E-state index contributed by atoms with van der Waals surface area (Å²) in [5.41, 5.74) is -0.819. The molecule has 1 saturated heterocycles. The Bertz CT molecular complexity index is 1720. The van der Waals surface area contributed by atoms with Crippen LogP contribution in [0.1, 0.15) is 102 Å². The van der Waals surface area contributed by atoms with Crippen LogP contribution in [0.25, 0.3) is 0 Å². The zero-order chi connectivity index (χ0) is 33.3. The van der Waals surface area contributed by atoms with Crippen LogP contribution in [0.5, 0.6) is 17.2 Å². The number of Topliss-reactive ketones (excluding diaryl/α,β-unsaturated/α-hetero) is 2. The molecule has 0 amide bonds. The van der Waals surface area contributed by atoms with E-state index < -0.39 is 46.1 Å². The minimum atomic E-state index is -1.72. The van der Waals surface area contributed by atoms with Crippen molar-refractivity contribution in [2.75, 3.05) is 0 Å². The molecule has 3 aliphatic heterocycles. The fraction of sp³-hybridized carbons (Fsp3) is 0.553. The SMILES string of the molecule is C=C(C)C1CC[C@]2(C)C[C@H]1c1c(O)c3c(c(CC=C(C)C)c1O2)O[C@]12C(=C[C@@H]4CC1C(C)(C)O[C@@]2(/C=C/C(C)C(=O)O)C4=O)C3=O. The van der Waals surface area contributed by atoms with Gasteiger partial charge in [0.25, 0.3) is 0 Å². The number of carboxylic acids is 1. The molecule has 8 nitrogen and oxygen atoms in total. The van der Waals surface area contributed by atoms with Gasteiger partial charge in [-0.25, -0.2) is 0 Å². The largest absolute Gasteiger partial charge is 0.507 e. The van der Waals surface area contributed by atoms with Crippen molar-refractivity contribution in [2.24, 2.45) is 23.7 Å². The quantitative estimate of drug-likeness (QED) is 0.331. The van der Waals surface area contributed by atoms with Crippen LogP contribution in [0.3, 0.4) is 0 Å². The Morgan fingerprint density at radius 3 is 2.52 bits per heavy atom. The molecule has 7 aliphatic rings. The van der Waals surface area contributed by atoms with Gasteiger partial charge in [-0.2, -0.15) is 0 Å². The Hall–Kier alpha value is -3.65. The number of carbonyl (C=O) groups is 3. The van der Waals surface area contributed by atoms with Crippen molar-refractivity contribution in [1.82, 2.24) is 0 Å². The topological polar surface area (TPSA) is 119 Å². The number of ketones is 2. The number of hydrogen-bond donors (Lipinski definition) is 2. The van der Waals surface area contributed by atoms with E-state index in [1.165, 1.54) is 19.1 Å². The highest BCUT2D eigenvalue weighted by Gasteiger charge is 2.81. The van der Waals surface area contributed by atoms with Gasteiger partial charge >= 0.3 is 5.97 Å². The highest BCUT2D eigenvalue weighted by Crippen LogP contribution is 2.69. The van der Waals surface area contributed by atoms with Gasteiger partial charge in [0.15, 0.2) is 22.8 Å². The zero-order valence-corrected chi connectivity index (χ0v) is 27.8. The van der Waals surface area contributed by atoms with Crippen LogP contribution in [0.15, 0.2) is 47.6 Å². The van der Waals surface area contributed by atoms with E-state index in [0.29, 0.717) is 41.7 Å². The van der Waals surface area contributed by atoms with Crippen molar-refractivity contribution in [3.63, 3.8) is 0 Å². The van der Waals surface area contributed by atoms with Crippen molar-refractivity contribution in [3.05, 3.63) is 64.3 Å². The Labute approximate surface area is 270 Å². The molecule has 1 spiro atoms. The molecule has 3 heterocycles. The van der Waals surface area contributed by atoms with Gasteiger partial charge in [-0.05, 0) is 92.6 Å². The molecule has 3 fully saturated rings. The number of aromatic hydroxyl groups is 1.